The van der Waals surface area contributed by atoms with Crippen LogP contribution in [0.15, 0.2) is 24.3 Å². The van der Waals surface area contributed by atoms with Gasteiger partial charge in [0.15, 0.2) is 0 Å². The molecule has 0 aliphatic rings. The summed E-state index contributed by atoms with van der Waals surface area (Å²) in [7, 11) is 0. The van der Waals surface area contributed by atoms with Crippen LogP contribution in [0.2, 0.25) is 5.02 Å². The zero-order chi connectivity index (χ0) is 15.2. The van der Waals surface area contributed by atoms with Crippen molar-refractivity contribution < 1.29 is 14.6 Å². The third-order valence-corrected chi connectivity index (χ3v) is 2.79. The first-order valence-corrected chi connectivity index (χ1v) is 7.08. The van der Waals surface area contributed by atoms with Crippen LogP contribution in [0.4, 0.5) is 10.5 Å². The number of hydrogen-bond donors (Lipinski definition) is 1. The second kappa shape index (κ2) is 7.50. The molecule has 4 nitrogen and oxygen atoms in total. The van der Waals surface area contributed by atoms with Crippen LogP contribution in [-0.4, -0.2) is 30.0 Å². The number of rotatable bonds is 5. The molecule has 1 rings (SSSR count). The summed E-state index contributed by atoms with van der Waals surface area (Å²) >= 11 is 5.86. The molecule has 20 heavy (non-hydrogen) atoms. The van der Waals surface area contributed by atoms with E-state index in [4.69, 9.17) is 21.4 Å². The lowest BCUT2D eigenvalue weighted by atomic mass is 10.2. The Morgan fingerprint density at radius 2 is 1.85 bits per heavy atom. The highest BCUT2D eigenvalue weighted by Gasteiger charge is 2.23. The van der Waals surface area contributed by atoms with E-state index in [-0.39, 0.29) is 6.61 Å². The van der Waals surface area contributed by atoms with Gasteiger partial charge in [0.2, 0.25) is 0 Å². The first kappa shape index (κ1) is 16.8. The summed E-state index contributed by atoms with van der Waals surface area (Å²) in [4.78, 5) is 13.8. The summed E-state index contributed by atoms with van der Waals surface area (Å²) in [6.45, 7) is 6.11. The van der Waals surface area contributed by atoms with Crippen molar-refractivity contribution in [2.75, 3.05) is 18.1 Å². The van der Waals surface area contributed by atoms with Crippen LogP contribution in [0.25, 0.3) is 0 Å². The maximum atomic E-state index is 12.2. The van der Waals surface area contributed by atoms with Crippen molar-refractivity contribution in [2.24, 2.45) is 0 Å². The number of carbonyl (C=O) groups excluding carboxylic acids is 1. The molecule has 1 aromatic rings. The van der Waals surface area contributed by atoms with Gasteiger partial charge in [-0.05, 0) is 57.9 Å². The van der Waals surface area contributed by atoms with E-state index in [0.29, 0.717) is 24.4 Å². The number of nitrogens with zero attached hydrogens (tertiary/aromatic N) is 1. The summed E-state index contributed by atoms with van der Waals surface area (Å²) in [5.74, 6) is 0. The number of halogens is 1. The molecule has 0 saturated carbocycles. The molecule has 5 heteroatoms. The quantitative estimate of drug-likeness (QED) is 0.840. The van der Waals surface area contributed by atoms with E-state index in [9.17, 15) is 4.79 Å². The Balaban J connectivity index is 2.84. The van der Waals surface area contributed by atoms with Crippen molar-refractivity contribution in [3.63, 3.8) is 0 Å². The van der Waals surface area contributed by atoms with Gasteiger partial charge in [-0.1, -0.05) is 11.6 Å². The lowest BCUT2D eigenvalue weighted by molar-refractivity contribution is 0.0579. The van der Waals surface area contributed by atoms with Crippen LogP contribution in [0, 0.1) is 0 Å². The number of aliphatic hydroxyl groups is 1. The van der Waals surface area contributed by atoms with Crippen LogP contribution in [0.1, 0.15) is 33.6 Å². The number of aliphatic hydroxyl groups excluding tert-OH is 1. The van der Waals surface area contributed by atoms with Gasteiger partial charge >= 0.3 is 6.09 Å². The molecular weight excluding hydrogens is 278 g/mol. The summed E-state index contributed by atoms with van der Waals surface area (Å²) in [6, 6.07) is 7.04. The fourth-order valence-electron chi connectivity index (χ4n) is 1.65. The molecular formula is C15H22ClNO3. The Morgan fingerprint density at radius 1 is 1.25 bits per heavy atom. The van der Waals surface area contributed by atoms with Gasteiger partial charge < -0.3 is 9.84 Å². The number of carbonyl (C=O) groups is 1. The Hall–Kier alpha value is -1.26. The highest BCUT2D eigenvalue weighted by Crippen LogP contribution is 2.21. The highest BCUT2D eigenvalue weighted by molar-refractivity contribution is 6.30. The molecule has 1 aromatic carbocycles. The molecule has 0 atom stereocenters. The van der Waals surface area contributed by atoms with Crippen LogP contribution >= 0.6 is 11.6 Å². The minimum absolute atomic E-state index is 0.114. The van der Waals surface area contributed by atoms with Crippen LogP contribution < -0.4 is 4.90 Å². The molecule has 0 bridgehead atoms. The fraction of sp³-hybridized carbons (Fsp3) is 0.533. The second-order valence-corrected chi connectivity index (χ2v) is 5.98. The van der Waals surface area contributed by atoms with Gasteiger partial charge in [-0.2, -0.15) is 0 Å². The van der Waals surface area contributed by atoms with Crippen molar-refractivity contribution in [2.45, 2.75) is 39.2 Å². The lowest BCUT2D eigenvalue weighted by Crippen LogP contribution is -2.37. The van der Waals surface area contributed by atoms with Gasteiger partial charge in [0.25, 0.3) is 0 Å². The number of benzene rings is 1. The zero-order valence-corrected chi connectivity index (χ0v) is 13.0. The van der Waals surface area contributed by atoms with E-state index in [1.165, 1.54) is 0 Å². The van der Waals surface area contributed by atoms with E-state index in [2.05, 4.69) is 0 Å². The standard InChI is InChI=1S/C15H22ClNO3/c1-15(2,3)20-14(19)17(10-4-5-11-18)13-8-6-12(16)7-9-13/h6-9,18H,4-5,10-11H2,1-3H3. The monoisotopic (exact) mass is 299 g/mol. The fourth-order valence-corrected chi connectivity index (χ4v) is 1.77. The van der Waals surface area contributed by atoms with Crippen molar-refractivity contribution in [1.29, 1.82) is 0 Å². The van der Waals surface area contributed by atoms with E-state index in [1.807, 2.05) is 20.8 Å². The Labute approximate surface area is 125 Å². The van der Waals surface area contributed by atoms with Crippen molar-refractivity contribution in [3.8, 4) is 0 Å². The van der Waals surface area contributed by atoms with Gasteiger partial charge in [0.05, 0.1) is 0 Å². The van der Waals surface area contributed by atoms with Gasteiger partial charge in [-0.3, -0.25) is 4.90 Å². The van der Waals surface area contributed by atoms with Gasteiger partial charge in [0, 0.05) is 23.9 Å². The number of amides is 1. The second-order valence-electron chi connectivity index (χ2n) is 5.54. The molecule has 0 saturated heterocycles. The summed E-state index contributed by atoms with van der Waals surface area (Å²) < 4.78 is 5.41. The van der Waals surface area contributed by atoms with E-state index < -0.39 is 11.7 Å². The molecule has 0 radical (unpaired) electrons. The Bertz CT molecular complexity index is 426. The zero-order valence-electron chi connectivity index (χ0n) is 12.2. The average Bonchev–Trinajstić information content (AvgIpc) is 2.34. The summed E-state index contributed by atoms with van der Waals surface area (Å²) in [6.07, 6.45) is 0.961. The smallest absolute Gasteiger partial charge is 0.414 e. The average molecular weight is 300 g/mol. The van der Waals surface area contributed by atoms with Crippen LogP contribution in [0.3, 0.4) is 0 Å². The van der Waals surface area contributed by atoms with Gasteiger partial charge in [0.1, 0.15) is 5.60 Å². The first-order chi connectivity index (χ1) is 9.33. The molecule has 0 aromatic heterocycles. The molecule has 0 fully saturated rings. The Morgan fingerprint density at radius 3 is 2.35 bits per heavy atom. The summed E-state index contributed by atoms with van der Waals surface area (Å²) in [5.41, 5.74) is 0.195. The first-order valence-electron chi connectivity index (χ1n) is 6.70. The van der Waals surface area contributed by atoms with E-state index >= 15 is 0 Å². The van der Waals surface area contributed by atoms with Crippen LogP contribution in [0.5, 0.6) is 0 Å². The van der Waals surface area contributed by atoms with Crippen molar-refractivity contribution >= 4 is 23.4 Å². The predicted molar refractivity (Wildman–Crippen MR) is 81.4 cm³/mol. The lowest BCUT2D eigenvalue weighted by Gasteiger charge is -2.27. The van der Waals surface area contributed by atoms with E-state index in [0.717, 1.165) is 5.69 Å². The maximum Gasteiger partial charge on any atom is 0.414 e. The van der Waals surface area contributed by atoms with Crippen LogP contribution in [-0.2, 0) is 4.74 Å². The number of ether oxygens (including phenoxy) is 1. The minimum atomic E-state index is -0.543. The molecule has 1 N–H and O–H groups in total. The predicted octanol–water partition coefficient (Wildman–Crippen LogP) is 3.85. The molecule has 112 valence electrons. The van der Waals surface area contributed by atoms with Crippen molar-refractivity contribution in [3.05, 3.63) is 29.3 Å². The molecule has 0 heterocycles. The van der Waals surface area contributed by atoms with Crippen molar-refractivity contribution in [1.82, 2.24) is 0 Å². The number of hydrogen-bond acceptors (Lipinski definition) is 3. The third kappa shape index (κ3) is 5.80. The largest absolute Gasteiger partial charge is 0.443 e. The van der Waals surface area contributed by atoms with Gasteiger partial charge in [-0.25, -0.2) is 4.79 Å². The Kier molecular flexibility index (Phi) is 6.30. The number of anilines is 1. The normalized spacial score (nSPS) is 11.2. The molecule has 0 aliphatic heterocycles. The highest BCUT2D eigenvalue weighted by atomic mass is 35.5. The molecule has 0 aliphatic carbocycles. The number of unbranched alkanes of at least 4 members (excludes halogenated alkanes) is 1. The minimum Gasteiger partial charge on any atom is -0.443 e. The van der Waals surface area contributed by atoms with E-state index in [1.54, 1.807) is 29.2 Å². The third-order valence-electron chi connectivity index (χ3n) is 2.54. The SMILES string of the molecule is CC(C)(C)OC(=O)N(CCCCO)c1ccc(Cl)cc1. The molecule has 0 spiro atoms. The van der Waals surface area contributed by atoms with Gasteiger partial charge in [-0.15, -0.1) is 0 Å². The maximum absolute atomic E-state index is 12.2. The topological polar surface area (TPSA) is 49.8 Å². The molecule has 0 unspecified atom stereocenters. The summed E-state index contributed by atoms with van der Waals surface area (Å²) in [5, 5.41) is 9.48. The molecule has 1 amide bonds.